The predicted octanol–water partition coefficient (Wildman–Crippen LogP) is 0.600. The molecule has 0 saturated heterocycles. The number of rotatable bonds is 7. The van der Waals surface area contributed by atoms with Crippen LogP contribution in [0.1, 0.15) is 12.7 Å². The number of hydrogen-bond donors (Lipinski definition) is 0. The van der Waals surface area contributed by atoms with Crippen molar-refractivity contribution in [3.05, 3.63) is 22.1 Å². The molecule has 1 rings (SSSR count). The van der Waals surface area contributed by atoms with Gasteiger partial charge < -0.3 is 10.1 Å². The van der Waals surface area contributed by atoms with Gasteiger partial charge in [-0.15, -0.1) is 0 Å². The van der Waals surface area contributed by atoms with Crippen molar-refractivity contribution in [2.24, 2.45) is 5.92 Å². The average molecular weight is 320 g/mol. The van der Waals surface area contributed by atoms with E-state index in [1.54, 1.807) is 27.9 Å². The van der Waals surface area contributed by atoms with E-state index in [1.807, 2.05) is 0 Å². The van der Waals surface area contributed by atoms with Gasteiger partial charge in [0.05, 0.1) is 13.7 Å². The van der Waals surface area contributed by atoms with Crippen molar-refractivity contribution < 1.29 is 17.5 Å². The minimum Gasteiger partial charge on any atom is -0.358 e. The molecule has 0 bridgehead atoms. The number of aryl methyl sites for hydroxylation is 1. The molecule has 0 aromatic carbocycles. The molecule has 1 heterocycles. The smallest absolute Gasteiger partial charge is 0.342 e. The van der Waals surface area contributed by atoms with E-state index in [0.717, 1.165) is 13.3 Å². The van der Waals surface area contributed by atoms with Crippen LogP contribution in [0.5, 0.6) is 0 Å². The van der Waals surface area contributed by atoms with E-state index in [-0.39, 0.29) is 12.4 Å². The topological polar surface area (TPSA) is 108 Å². The summed E-state index contributed by atoms with van der Waals surface area (Å²) in [4.78, 5) is 15.8. The van der Waals surface area contributed by atoms with E-state index in [1.165, 1.54) is 9.47 Å². The minimum absolute atomic E-state index is 0.146. The van der Waals surface area contributed by atoms with Gasteiger partial charge in [0.15, 0.2) is 5.82 Å². The second-order valence-electron chi connectivity index (χ2n) is 5.02. The predicted molar refractivity (Wildman–Crippen MR) is 76.2 cm³/mol. The van der Waals surface area contributed by atoms with Crippen LogP contribution in [0, 0.1) is 23.0 Å². The molecular formula is C11H20N4O5S. The fraction of sp³-hybridized carbons (Fsp3) is 0.727. The Kier molecular flexibility index (Phi) is 5.42. The molecule has 1 aromatic rings. The maximum atomic E-state index is 12.0. The zero-order valence-corrected chi connectivity index (χ0v) is 13.5. The third-order valence-electron chi connectivity index (χ3n) is 3.22. The molecule has 2 unspecified atom stereocenters. The lowest BCUT2D eigenvalue weighted by Crippen LogP contribution is -2.43. The second kappa shape index (κ2) is 6.50. The molecule has 0 radical (unpaired) electrons. The second-order valence-corrected chi connectivity index (χ2v) is 6.82. The molecule has 0 fully saturated rings. The first-order valence-corrected chi connectivity index (χ1v) is 7.71. The first kappa shape index (κ1) is 17.5. The Hall–Kier alpha value is -1.52. The molecule has 0 aliphatic carbocycles. The molecule has 0 aliphatic rings. The Labute approximate surface area is 123 Å². The summed E-state index contributed by atoms with van der Waals surface area (Å²) in [5.41, 5.74) is 0. The van der Waals surface area contributed by atoms with Crippen molar-refractivity contribution in [3.63, 3.8) is 0 Å². The fourth-order valence-corrected chi connectivity index (χ4v) is 3.72. The van der Waals surface area contributed by atoms with Crippen molar-refractivity contribution in [1.82, 2.24) is 14.5 Å². The third kappa shape index (κ3) is 3.77. The molecule has 9 nitrogen and oxygen atoms in total. The maximum absolute atomic E-state index is 12.0. The van der Waals surface area contributed by atoms with E-state index in [4.69, 9.17) is 0 Å². The largest absolute Gasteiger partial charge is 0.358 e. The zero-order valence-electron chi connectivity index (χ0n) is 12.7. The number of nitrogens with zero attached hydrogens (tertiary/aromatic N) is 4. The average Bonchev–Trinajstić information content (AvgIpc) is 2.70. The van der Waals surface area contributed by atoms with Gasteiger partial charge in [0.25, 0.3) is 10.1 Å². The molecule has 1 aromatic heterocycles. The van der Waals surface area contributed by atoms with Crippen LogP contribution in [0.2, 0.25) is 0 Å². The van der Waals surface area contributed by atoms with Crippen molar-refractivity contribution in [2.45, 2.75) is 25.8 Å². The summed E-state index contributed by atoms with van der Waals surface area (Å²) in [5, 5.41) is 10.1. The molecular weight excluding hydrogens is 300 g/mol. The molecule has 0 amide bonds. The first-order valence-electron chi connectivity index (χ1n) is 6.24. The van der Waals surface area contributed by atoms with Gasteiger partial charge in [0, 0.05) is 12.8 Å². The van der Waals surface area contributed by atoms with E-state index in [2.05, 4.69) is 9.17 Å². The lowest BCUT2D eigenvalue weighted by Gasteiger charge is -2.27. The molecule has 0 N–H and O–H groups in total. The standard InChI is InChI=1S/C11H20N4O5S/c1-8(11(13(3)4)21(18,19)20-5)7-14-9(2)12-6-10(14)15(16)17/h6,8,11H,7H2,1-5H3. The van der Waals surface area contributed by atoms with Gasteiger partial charge in [0.2, 0.25) is 0 Å². The van der Waals surface area contributed by atoms with E-state index < -0.39 is 26.3 Å². The summed E-state index contributed by atoms with van der Waals surface area (Å²) in [6.45, 7) is 3.48. The highest BCUT2D eigenvalue weighted by atomic mass is 32.2. The summed E-state index contributed by atoms with van der Waals surface area (Å²) in [6, 6.07) is 0. The van der Waals surface area contributed by atoms with Gasteiger partial charge in [-0.3, -0.25) is 9.08 Å². The molecule has 120 valence electrons. The fourth-order valence-electron chi connectivity index (χ4n) is 2.36. The molecule has 0 saturated carbocycles. The summed E-state index contributed by atoms with van der Waals surface area (Å²) in [7, 11) is 0.551. The Morgan fingerprint density at radius 3 is 2.52 bits per heavy atom. The molecule has 0 spiro atoms. The summed E-state index contributed by atoms with van der Waals surface area (Å²) >= 11 is 0. The number of nitro groups is 1. The third-order valence-corrected chi connectivity index (χ3v) is 5.16. The van der Waals surface area contributed by atoms with Crippen LogP contribution in [-0.4, -0.2) is 54.4 Å². The Balaban J connectivity index is 3.12. The summed E-state index contributed by atoms with van der Waals surface area (Å²) in [6.07, 6.45) is 1.16. The van der Waals surface area contributed by atoms with E-state index in [0.29, 0.717) is 5.82 Å². The Bertz CT molecular complexity index is 610. The zero-order chi connectivity index (χ0) is 16.4. The molecule has 2 atom stereocenters. The van der Waals surface area contributed by atoms with Gasteiger partial charge >= 0.3 is 5.82 Å². The summed E-state index contributed by atoms with van der Waals surface area (Å²) in [5.74, 6) is -0.135. The van der Waals surface area contributed by atoms with Gasteiger partial charge in [-0.05, 0) is 19.0 Å². The Morgan fingerprint density at radius 2 is 2.10 bits per heavy atom. The minimum atomic E-state index is -3.79. The first-order chi connectivity index (χ1) is 9.61. The van der Waals surface area contributed by atoms with Gasteiger partial charge in [-0.1, -0.05) is 6.92 Å². The SMILES string of the molecule is COS(=O)(=O)C(C(C)Cn1c([N+](=O)[O-])cnc1C)N(C)C. The van der Waals surface area contributed by atoms with Crippen LogP contribution < -0.4 is 0 Å². The van der Waals surface area contributed by atoms with E-state index >= 15 is 0 Å². The van der Waals surface area contributed by atoms with Crippen LogP contribution in [0.15, 0.2) is 6.20 Å². The van der Waals surface area contributed by atoms with Gasteiger partial charge in [0.1, 0.15) is 11.6 Å². The molecule has 0 aliphatic heterocycles. The van der Waals surface area contributed by atoms with Crippen LogP contribution in [0.25, 0.3) is 0 Å². The quantitative estimate of drug-likeness (QED) is 0.411. The lowest BCUT2D eigenvalue weighted by atomic mass is 10.1. The van der Waals surface area contributed by atoms with Crippen LogP contribution in [0.3, 0.4) is 0 Å². The van der Waals surface area contributed by atoms with Crippen molar-refractivity contribution in [2.75, 3.05) is 21.2 Å². The van der Waals surface area contributed by atoms with Crippen LogP contribution >= 0.6 is 0 Å². The van der Waals surface area contributed by atoms with Crippen molar-refractivity contribution in [1.29, 1.82) is 0 Å². The van der Waals surface area contributed by atoms with Crippen molar-refractivity contribution in [3.8, 4) is 0 Å². The molecule has 10 heteroatoms. The maximum Gasteiger partial charge on any atom is 0.342 e. The Morgan fingerprint density at radius 1 is 1.52 bits per heavy atom. The number of imidazole rings is 1. The van der Waals surface area contributed by atoms with Crippen LogP contribution in [-0.2, 0) is 20.8 Å². The molecule has 21 heavy (non-hydrogen) atoms. The highest BCUT2D eigenvalue weighted by Crippen LogP contribution is 2.22. The van der Waals surface area contributed by atoms with Crippen LogP contribution in [0.4, 0.5) is 5.82 Å². The highest BCUT2D eigenvalue weighted by molar-refractivity contribution is 7.87. The van der Waals surface area contributed by atoms with Crippen molar-refractivity contribution >= 4 is 15.9 Å². The lowest BCUT2D eigenvalue weighted by molar-refractivity contribution is -0.392. The highest BCUT2D eigenvalue weighted by Gasteiger charge is 2.35. The van der Waals surface area contributed by atoms with E-state index in [9.17, 15) is 18.5 Å². The number of aromatic nitrogens is 2. The monoisotopic (exact) mass is 320 g/mol. The summed E-state index contributed by atoms with van der Waals surface area (Å²) < 4.78 is 30.0. The van der Waals surface area contributed by atoms with Gasteiger partial charge in [-0.2, -0.15) is 8.42 Å². The number of hydrogen-bond acceptors (Lipinski definition) is 7. The normalized spacial score (nSPS) is 15.1. The van der Waals surface area contributed by atoms with Gasteiger partial charge in [-0.25, -0.2) is 9.55 Å².